The van der Waals surface area contributed by atoms with Crippen molar-refractivity contribution in [1.82, 2.24) is 5.32 Å². The molecule has 2 aromatic rings. The van der Waals surface area contributed by atoms with Gasteiger partial charge in [0.05, 0.1) is 11.5 Å². The van der Waals surface area contributed by atoms with Crippen LogP contribution in [0.4, 0.5) is 26.7 Å². The summed E-state index contributed by atoms with van der Waals surface area (Å²) in [5.74, 6) is 2.92. The Bertz CT molecular complexity index is 1070. The molecule has 1 aliphatic heterocycles. The van der Waals surface area contributed by atoms with Crippen LogP contribution >= 0.6 is 0 Å². The predicted molar refractivity (Wildman–Crippen MR) is 99.2 cm³/mol. The van der Waals surface area contributed by atoms with Crippen LogP contribution in [0, 0.1) is 11.8 Å². The van der Waals surface area contributed by atoms with E-state index >= 15 is 0 Å². The molecule has 1 saturated heterocycles. The molecular weight excluding hydrogens is 441 g/mol. The van der Waals surface area contributed by atoms with E-state index < -0.39 is 48.1 Å². The van der Waals surface area contributed by atoms with Gasteiger partial charge >= 0.3 is 18.9 Å². The fourth-order valence-electron chi connectivity index (χ4n) is 2.91. The standard InChI is InChI=1S/C21H14F5NO5/c1-2-3-14(17-18(28)27-20(29)32-17)11-4-7-13(8-5-11)30-15-9-6-12(21(24,25)26)10-16(15)31-19(22)23/h4-10,14,17,19H,1H3,(H,27,28,29)/t14-,17-/m1/s1. The third-order valence-electron chi connectivity index (χ3n) is 4.27. The van der Waals surface area contributed by atoms with Crippen molar-refractivity contribution in [3.63, 3.8) is 0 Å². The molecular formula is C21H14F5NO5. The van der Waals surface area contributed by atoms with Crippen molar-refractivity contribution in [2.24, 2.45) is 0 Å². The molecule has 0 aliphatic carbocycles. The fourth-order valence-corrected chi connectivity index (χ4v) is 2.91. The first kappa shape index (κ1) is 22.9. The number of carbonyl (C=O) groups excluding carboxylic acids is 2. The maximum absolute atomic E-state index is 12.9. The SMILES string of the molecule is CC#C[C@H](c1ccc(Oc2ccc(C(F)(F)F)cc2OC(F)F)cc1)[C@H]1OC(=O)NC1=O. The number of cyclic esters (lactones) is 1. The number of rotatable bonds is 6. The Balaban J connectivity index is 1.85. The first-order valence-corrected chi connectivity index (χ1v) is 8.96. The number of imide groups is 1. The lowest BCUT2D eigenvalue weighted by molar-refractivity contribution is -0.138. The maximum atomic E-state index is 12.9. The van der Waals surface area contributed by atoms with Gasteiger partial charge in [-0.25, -0.2) is 4.79 Å². The van der Waals surface area contributed by atoms with Crippen LogP contribution in [0.3, 0.4) is 0 Å². The lowest BCUT2D eigenvalue weighted by Crippen LogP contribution is -2.29. The maximum Gasteiger partial charge on any atom is 0.416 e. The normalized spacial score (nSPS) is 16.7. The number of carbonyl (C=O) groups is 2. The van der Waals surface area contributed by atoms with E-state index in [-0.39, 0.29) is 11.5 Å². The largest absolute Gasteiger partial charge is 0.453 e. The molecule has 11 heteroatoms. The first-order valence-electron chi connectivity index (χ1n) is 8.96. The van der Waals surface area contributed by atoms with Crippen molar-refractivity contribution in [1.29, 1.82) is 0 Å². The number of halogens is 5. The van der Waals surface area contributed by atoms with E-state index in [9.17, 15) is 31.5 Å². The number of hydrogen-bond donors (Lipinski definition) is 1. The minimum atomic E-state index is -4.76. The van der Waals surface area contributed by atoms with Crippen molar-refractivity contribution < 1.29 is 45.8 Å². The molecule has 0 bridgehead atoms. The van der Waals surface area contributed by atoms with Gasteiger partial charge in [0.1, 0.15) is 5.75 Å². The van der Waals surface area contributed by atoms with Crippen LogP contribution in [0.1, 0.15) is 24.0 Å². The van der Waals surface area contributed by atoms with E-state index in [0.717, 1.165) is 6.07 Å². The van der Waals surface area contributed by atoms with Crippen LogP contribution in [0.5, 0.6) is 17.2 Å². The molecule has 3 rings (SSSR count). The topological polar surface area (TPSA) is 73.9 Å². The Hall–Kier alpha value is -3.81. The summed E-state index contributed by atoms with van der Waals surface area (Å²) < 4.78 is 78.4. The number of amides is 2. The van der Waals surface area contributed by atoms with Crippen LogP contribution in [-0.4, -0.2) is 24.7 Å². The molecule has 0 aromatic heterocycles. The van der Waals surface area contributed by atoms with Crippen molar-refractivity contribution in [2.45, 2.75) is 31.7 Å². The number of nitrogens with one attached hydrogen (secondary N) is 1. The molecule has 2 amide bonds. The highest BCUT2D eigenvalue weighted by Crippen LogP contribution is 2.39. The Labute approximate surface area is 178 Å². The summed E-state index contributed by atoms with van der Waals surface area (Å²) in [4.78, 5) is 23.2. The van der Waals surface area contributed by atoms with E-state index in [1.165, 1.54) is 31.2 Å². The van der Waals surface area contributed by atoms with E-state index in [0.29, 0.717) is 17.7 Å². The Kier molecular flexibility index (Phi) is 6.53. The van der Waals surface area contributed by atoms with E-state index in [1.807, 2.05) is 5.32 Å². The van der Waals surface area contributed by atoms with E-state index in [4.69, 9.17) is 9.47 Å². The molecule has 1 N–H and O–H groups in total. The van der Waals surface area contributed by atoms with Crippen LogP contribution in [-0.2, 0) is 15.7 Å². The molecule has 2 atom stereocenters. The summed E-state index contributed by atoms with van der Waals surface area (Å²) >= 11 is 0. The van der Waals surface area contributed by atoms with E-state index in [2.05, 4.69) is 16.6 Å². The van der Waals surface area contributed by atoms with Gasteiger partial charge in [-0.05, 0) is 42.8 Å². The highest BCUT2D eigenvalue weighted by atomic mass is 19.4. The van der Waals surface area contributed by atoms with Gasteiger partial charge in [0.2, 0.25) is 0 Å². The number of benzene rings is 2. The molecule has 6 nitrogen and oxygen atoms in total. The third-order valence-corrected chi connectivity index (χ3v) is 4.27. The molecule has 1 heterocycles. The zero-order chi connectivity index (χ0) is 23.5. The second-order valence-electron chi connectivity index (χ2n) is 6.40. The van der Waals surface area contributed by atoms with Gasteiger partial charge < -0.3 is 14.2 Å². The molecule has 1 aliphatic rings. The summed E-state index contributed by atoms with van der Waals surface area (Å²) in [5.41, 5.74) is -0.695. The van der Waals surface area contributed by atoms with Gasteiger partial charge in [0, 0.05) is 0 Å². The van der Waals surface area contributed by atoms with Crippen LogP contribution < -0.4 is 14.8 Å². The minimum Gasteiger partial charge on any atom is -0.453 e. The summed E-state index contributed by atoms with van der Waals surface area (Å²) in [7, 11) is 0. The summed E-state index contributed by atoms with van der Waals surface area (Å²) in [6.45, 7) is -1.83. The second kappa shape index (κ2) is 9.13. The highest BCUT2D eigenvalue weighted by Gasteiger charge is 2.39. The van der Waals surface area contributed by atoms with Crippen molar-refractivity contribution in [3.8, 4) is 29.1 Å². The van der Waals surface area contributed by atoms with Crippen LogP contribution in [0.25, 0.3) is 0 Å². The average Bonchev–Trinajstić information content (AvgIpc) is 3.04. The quantitative estimate of drug-likeness (QED) is 0.499. The fraction of sp³-hybridized carbons (Fsp3) is 0.238. The summed E-state index contributed by atoms with van der Waals surface area (Å²) in [5, 5.41) is 2.01. The second-order valence-corrected chi connectivity index (χ2v) is 6.40. The summed E-state index contributed by atoms with van der Waals surface area (Å²) in [6, 6.07) is 7.69. The third kappa shape index (κ3) is 5.26. The monoisotopic (exact) mass is 455 g/mol. The number of ether oxygens (including phenoxy) is 3. The van der Waals surface area contributed by atoms with Crippen molar-refractivity contribution >= 4 is 12.0 Å². The smallest absolute Gasteiger partial charge is 0.416 e. The van der Waals surface area contributed by atoms with Crippen LogP contribution in [0.2, 0.25) is 0 Å². The van der Waals surface area contributed by atoms with Gasteiger partial charge in [-0.3, -0.25) is 10.1 Å². The zero-order valence-corrected chi connectivity index (χ0v) is 16.2. The van der Waals surface area contributed by atoms with Gasteiger partial charge in [-0.2, -0.15) is 22.0 Å². The number of alkyl carbamates (subject to hydrolysis) is 1. The molecule has 32 heavy (non-hydrogen) atoms. The predicted octanol–water partition coefficient (Wildman–Crippen LogP) is 4.84. The van der Waals surface area contributed by atoms with Gasteiger partial charge in [0.15, 0.2) is 17.6 Å². The Morgan fingerprint density at radius 3 is 2.28 bits per heavy atom. The molecule has 168 valence electrons. The first-order chi connectivity index (χ1) is 15.1. The average molecular weight is 455 g/mol. The lowest BCUT2D eigenvalue weighted by atomic mass is 9.93. The molecule has 0 radical (unpaired) electrons. The van der Waals surface area contributed by atoms with E-state index in [1.54, 1.807) is 0 Å². The molecule has 0 saturated carbocycles. The minimum absolute atomic E-state index is 0.0868. The highest BCUT2D eigenvalue weighted by molar-refractivity contribution is 6.00. The number of hydrogen-bond acceptors (Lipinski definition) is 5. The lowest BCUT2D eigenvalue weighted by Gasteiger charge is -2.17. The molecule has 1 fully saturated rings. The summed E-state index contributed by atoms with van der Waals surface area (Å²) in [6.07, 6.45) is -6.81. The molecule has 2 aromatic carbocycles. The Morgan fingerprint density at radius 2 is 1.75 bits per heavy atom. The van der Waals surface area contributed by atoms with Crippen LogP contribution in [0.15, 0.2) is 42.5 Å². The van der Waals surface area contributed by atoms with Crippen molar-refractivity contribution in [3.05, 3.63) is 53.6 Å². The van der Waals surface area contributed by atoms with Gasteiger partial charge in [0.25, 0.3) is 5.91 Å². The number of alkyl halides is 5. The van der Waals surface area contributed by atoms with Crippen molar-refractivity contribution in [2.75, 3.05) is 0 Å². The van der Waals surface area contributed by atoms with Gasteiger partial charge in [-0.1, -0.05) is 18.1 Å². The molecule has 0 spiro atoms. The van der Waals surface area contributed by atoms with Gasteiger partial charge in [-0.15, -0.1) is 5.92 Å². The Morgan fingerprint density at radius 1 is 1.06 bits per heavy atom. The molecule has 0 unspecified atom stereocenters. The zero-order valence-electron chi connectivity index (χ0n) is 16.2.